The largest absolute Gasteiger partial charge is 0.497 e. The van der Waals surface area contributed by atoms with E-state index in [1.807, 2.05) is 24.3 Å². The molecule has 3 unspecified atom stereocenters. The fraction of sp³-hybridized carbons (Fsp3) is 0.324. The summed E-state index contributed by atoms with van der Waals surface area (Å²) in [5.74, 6) is 5.14. The lowest BCUT2D eigenvalue weighted by Crippen LogP contribution is -2.35. The predicted octanol–water partition coefficient (Wildman–Crippen LogP) is 6.36. The Hall–Kier alpha value is -4.03. The van der Waals surface area contributed by atoms with Crippen LogP contribution in [0.3, 0.4) is 0 Å². The lowest BCUT2D eigenvalue weighted by atomic mass is 9.77. The Bertz CT molecular complexity index is 1520. The molecule has 1 aliphatic carbocycles. The molecule has 8 rings (SSSR count). The van der Waals surface area contributed by atoms with Crippen LogP contribution < -0.4 is 19.5 Å². The molecule has 3 aromatic carbocycles. The smallest absolute Gasteiger partial charge is 0.169 e. The number of aliphatic imine (C=N–C) groups is 1. The molecule has 0 radical (unpaired) electrons. The zero-order valence-electron chi connectivity index (χ0n) is 23.0. The van der Waals surface area contributed by atoms with Gasteiger partial charge in [-0.1, -0.05) is 24.3 Å². The van der Waals surface area contributed by atoms with Gasteiger partial charge in [0.05, 0.1) is 20.1 Å². The molecule has 204 valence electrons. The second kappa shape index (κ2) is 10.5. The Morgan fingerprint density at radius 1 is 0.925 bits per heavy atom. The minimum absolute atomic E-state index is 0.0388. The number of ether oxygens (including phenoxy) is 4. The molecule has 1 N–H and O–H groups in total. The molecule has 3 atom stereocenters. The highest BCUT2D eigenvalue weighted by atomic mass is 16.5. The maximum atomic E-state index is 6.83. The molecule has 0 fully saturated rings. The van der Waals surface area contributed by atoms with Crippen LogP contribution >= 0.6 is 0 Å². The van der Waals surface area contributed by atoms with Crippen LogP contribution in [0.4, 0.5) is 0 Å². The molecule has 6 heteroatoms. The van der Waals surface area contributed by atoms with Gasteiger partial charge in [-0.3, -0.25) is 4.99 Å². The summed E-state index contributed by atoms with van der Waals surface area (Å²) in [7, 11) is 3.43. The van der Waals surface area contributed by atoms with Crippen molar-refractivity contribution < 1.29 is 18.9 Å². The third-order valence-electron chi connectivity index (χ3n) is 8.47. The first-order chi connectivity index (χ1) is 19.7. The van der Waals surface area contributed by atoms with Crippen molar-refractivity contribution in [1.82, 2.24) is 5.32 Å². The van der Waals surface area contributed by atoms with Gasteiger partial charge in [0.25, 0.3) is 0 Å². The number of hydrogen-bond acceptors (Lipinski definition) is 6. The van der Waals surface area contributed by atoms with E-state index >= 15 is 0 Å². The van der Waals surface area contributed by atoms with E-state index in [4.69, 9.17) is 23.9 Å². The molecule has 4 heterocycles. The van der Waals surface area contributed by atoms with Gasteiger partial charge in [0.1, 0.15) is 23.0 Å². The van der Waals surface area contributed by atoms with Crippen molar-refractivity contribution in [3.8, 4) is 23.0 Å². The van der Waals surface area contributed by atoms with Crippen molar-refractivity contribution in [3.63, 3.8) is 0 Å². The molecule has 0 spiro atoms. The molecule has 6 nitrogen and oxygen atoms in total. The van der Waals surface area contributed by atoms with Crippen molar-refractivity contribution in [1.29, 1.82) is 0 Å². The molecular weight excluding hydrogens is 500 g/mol. The third-order valence-corrected chi connectivity index (χ3v) is 8.47. The highest BCUT2D eigenvalue weighted by molar-refractivity contribution is 5.92. The topological polar surface area (TPSA) is 61.3 Å². The molecule has 0 aromatic heterocycles. The van der Waals surface area contributed by atoms with E-state index in [0.29, 0.717) is 0 Å². The summed E-state index contributed by atoms with van der Waals surface area (Å²) in [4.78, 5) is 5.03. The summed E-state index contributed by atoms with van der Waals surface area (Å²) in [6.07, 6.45) is 7.75. The van der Waals surface area contributed by atoms with Gasteiger partial charge in [0.2, 0.25) is 0 Å². The van der Waals surface area contributed by atoms with Crippen molar-refractivity contribution in [2.24, 2.45) is 16.8 Å². The highest BCUT2D eigenvalue weighted by Crippen LogP contribution is 2.42. The van der Waals surface area contributed by atoms with Crippen molar-refractivity contribution in [2.75, 3.05) is 27.3 Å². The summed E-state index contributed by atoms with van der Waals surface area (Å²) in [6, 6.07) is 21.2. The van der Waals surface area contributed by atoms with E-state index in [0.717, 1.165) is 79.0 Å². The molecule has 0 saturated carbocycles. The molecule has 3 aromatic rings. The summed E-state index contributed by atoms with van der Waals surface area (Å²) >= 11 is 0. The average Bonchev–Trinajstić information content (AvgIpc) is 2.98. The first-order valence-electron chi connectivity index (χ1n) is 14.2. The highest BCUT2D eigenvalue weighted by Gasteiger charge is 2.36. The van der Waals surface area contributed by atoms with E-state index in [1.165, 1.54) is 22.3 Å². The summed E-state index contributed by atoms with van der Waals surface area (Å²) in [5, 5.41) is 3.74. The molecule has 5 aliphatic rings. The number of nitrogens with one attached hydrogen (secondary N) is 1. The second-order valence-corrected chi connectivity index (χ2v) is 11.0. The van der Waals surface area contributed by atoms with E-state index in [9.17, 15) is 0 Å². The van der Waals surface area contributed by atoms with Gasteiger partial charge in [0.15, 0.2) is 11.5 Å². The quantitative estimate of drug-likeness (QED) is 0.415. The second-order valence-electron chi connectivity index (χ2n) is 11.0. The predicted molar refractivity (Wildman–Crippen MR) is 156 cm³/mol. The standard InChI is InChI=1S/C34H34N2O4/c1-37-27-17-24-11-13-36-30-15-21-6-8-25(9-7-21)39-26-5-3-4-22(14-26)16-29-28-20-32(40-33(19-27)34(24)30)31(38-2)18-23(28)10-12-35-29/h3-9,14,17-20,24,29,34-35H,10-13,15-16H2,1-2H3. The first kappa shape index (κ1) is 25.0. The number of fused-ring (bicyclic) bond motifs is 2. The fourth-order valence-corrected chi connectivity index (χ4v) is 6.49. The van der Waals surface area contributed by atoms with Crippen molar-refractivity contribution in [3.05, 3.63) is 107 Å². The third kappa shape index (κ3) is 4.77. The molecular formula is C34H34N2O4. The Balaban J connectivity index is 1.36. The van der Waals surface area contributed by atoms with Crippen LogP contribution in [0.5, 0.6) is 23.0 Å². The normalized spacial score (nSPS) is 23.1. The Morgan fingerprint density at radius 3 is 2.67 bits per heavy atom. The molecule has 0 amide bonds. The van der Waals surface area contributed by atoms with Crippen LogP contribution in [0.2, 0.25) is 0 Å². The number of nitrogens with zero attached hydrogens (tertiary/aromatic N) is 1. The van der Waals surface area contributed by atoms with Crippen molar-refractivity contribution in [2.45, 2.75) is 31.7 Å². The number of methoxy groups -OCH3 is 2. The summed E-state index contributed by atoms with van der Waals surface area (Å²) in [6.45, 7) is 1.71. The minimum atomic E-state index is 0.0388. The van der Waals surface area contributed by atoms with Gasteiger partial charge in [-0.05, 0) is 96.5 Å². The average molecular weight is 535 g/mol. The van der Waals surface area contributed by atoms with Gasteiger partial charge in [-0.15, -0.1) is 0 Å². The molecule has 4 aliphatic heterocycles. The lowest BCUT2D eigenvalue weighted by Gasteiger charge is -2.35. The Morgan fingerprint density at radius 2 is 1.82 bits per heavy atom. The first-order valence-corrected chi connectivity index (χ1v) is 14.2. The van der Waals surface area contributed by atoms with E-state index < -0.39 is 0 Å². The summed E-state index contributed by atoms with van der Waals surface area (Å²) < 4.78 is 24.7. The van der Waals surface area contributed by atoms with Crippen LogP contribution in [-0.2, 0) is 24.0 Å². The van der Waals surface area contributed by atoms with Crippen molar-refractivity contribution >= 4 is 5.71 Å². The fourth-order valence-electron chi connectivity index (χ4n) is 6.49. The van der Waals surface area contributed by atoms with E-state index in [-0.39, 0.29) is 17.9 Å². The lowest BCUT2D eigenvalue weighted by molar-refractivity contribution is 0.265. The van der Waals surface area contributed by atoms with Crippen LogP contribution in [0.1, 0.15) is 34.7 Å². The van der Waals surface area contributed by atoms with E-state index in [2.05, 4.69) is 53.9 Å². The number of allylic oxidation sites excluding steroid dienone is 3. The van der Waals surface area contributed by atoms with Gasteiger partial charge in [-0.25, -0.2) is 0 Å². The zero-order valence-corrected chi connectivity index (χ0v) is 23.0. The van der Waals surface area contributed by atoms with Crippen LogP contribution in [0.25, 0.3) is 0 Å². The van der Waals surface area contributed by atoms with Gasteiger partial charge in [-0.2, -0.15) is 0 Å². The van der Waals surface area contributed by atoms with Gasteiger partial charge < -0.3 is 24.3 Å². The number of benzene rings is 3. The Labute approximate surface area is 235 Å². The summed E-state index contributed by atoms with van der Waals surface area (Å²) in [5.41, 5.74) is 6.09. The zero-order chi connectivity index (χ0) is 27.1. The number of rotatable bonds is 2. The van der Waals surface area contributed by atoms with Crippen LogP contribution in [-0.4, -0.2) is 33.0 Å². The number of hydrogen-bond donors (Lipinski definition) is 1. The maximum absolute atomic E-state index is 6.83. The molecule has 40 heavy (non-hydrogen) atoms. The Kier molecular flexibility index (Phi) is 6.56. The van der Waals surface area contributed by atoms with Crippen LogP contribution in [0.15, 0.2) is 89.3 Å². The minimum Gasteiger partial charge on any atom is -0.497 e. The molecule has 6 bridgehead atoms. The van der Waals surface area contributed by atoms with Crippen LogP contribution in [0, 0.1) is 11.8 Å². The van der Waals surface area contributed by atoms with Gasteiger partial charge >= 0.3 is 0 Å². The maximum Gasteiger partial charge on any atom is 0.169 e. The van der Waals surface area contributed by atoms with Gasteiger partial charge in [0, 0.05) is 30.8 Å². The monoisotopic (exact) mass is 534 g/mol. The van der Waals surface area contributed by atoms with E-state index in [1.54, 1.807) is 14.2 Å². The SMILES string of the molecule is COC1=CC2CCN=C3Cc4ccc(cc4)Oc4cccc(c4)CC4NCCc5cc(OC)c(cc54)OC(=C1)C32. The molecule has 0 saturated heterocycles.